The summed E-state index contributed by atoms with van der Waals surface area (Å²) in [6.45, 7) is 4.02. The van der Waals surface area contributed by atoms with Crippen molar-refractivity contribution >= 4 is 17.5 Å². The zero-order chi connectivity index (χ0) is 16.8. The number of hydrogen-bond donors (Lipinski definition) is 2. The lowest BCUT2D eigenvalue weighted by Crippen LogP contribution is -2.14. The summed E-state index contributed by atoms with van der Waals surface area (Å²) >= 11 is 0. The van der Waals surface area contributed by atoms with E-state index in [1.807, 2.05) is 19.9 Å². The third-order valence-electron chi connectivity index (χ3n) is 3.44. The first-order valence-electron chi connectivity index (χ1n) is 7.47. The van der Waals surface area contributed by atoms with Crippen LogP contribution in [-0.4, -0.2) is 17.9 Å². The van der Waals surface area contributed by atoms with Crippen molar-refractivity contribution in [1.29, 1.82) is 0 Å². The maximum atomic E-state index is 12.3. The van der Waals surface area contributed by atoms with Gasteiger partial charge in [0.1, 0.15) is 5.75 Å². The van der Waals surface area contributed by atoms with Crippen LogP contribution in [0.3, 0.4) is 0 Å². The van der Waals surface area contributed by atoms with Crippen LogP contribution in [0.4, 0.5) is 5.69 Å². The lowest BCUT2D eigenvalue weighted by atomic mass is 10.1. The average Bonchev–Trinajstić information content (AvgIpc) is 2.55. The molecular weight excluding hydrogens is 292 g/mol. The van der Waals surface area contributed by atoms with Crippen molar-refractivity contribution in [3.05, 3.63) is 59.7 Å². The first-order valence-corrected chi connectivity index (χ1v) is 7.47. The Morgan fingerprint density at radius 3 is 2.43 bits per heavy atom. The molecule has 3 N–H and O–H groups in total. The van der Waals surface area contributed by atoms with E-state index in [-0.39, 0.29) is 12.0 Å². The number of rotatable bonds is 6. The van der Waals surface area contributed by atoms with Gasteiger partial charge in [-0.3, -0.25) is 9.59 Å². The van der Waals surface area contributed by atoms with Gasteiger partial charge in [-0.25, -0.2) is 0 Å². The number of hydrogen-bond acceptors (Lipinski definition) is 3. The van der Waals surface area contributed by atoms with Crippen molar-refractivity contribution in [2.24, 2.45) is 5.73 Å². The topological polar surface area (TPSA) is 81.4 Å². The summed E-state index contributed by atoms with van der Waals surface area (Å²) in [7, 11) is 0. The number of amides is 2. The van der Waals surface area contributed by atoms with E-state index in [0.717, 1.165) is 6.42 Å². The molecule has 0 aliphatic carbocycles. The van der Waals surface area contributed by atoms with Crippen LogP contribution in [0.25, 0.3) is 0 Å². The van der Waals surface area contributed by atoms with E-state index in [4.69, 9.17) is 10.5 Å². The first kappa shape index (κ1) is 16.5. The third kappa shape index (κ3) is 4.57. The van der Waals surface area contributed by atoms with Crippen molar-refractivity contribution in [3.8, 4) is 5.75 Å². The number of benzene rings is 2. The Hall–Kier alpha value is -2.82. The van der Waals surface area contributed by atoms with Crippen LogP contribution in [0.1, 0.15) is 41.0 Å². The molecule has 5 heteroatoms. The molecule has 2 aromatic carbocycles. The monoisotopic (exact) mass is 312 g/mol. The van der Waals surface area contributed by atoms with E-state index in [2.05, 4.69) is 5.32 Å². The lowest BCUT2D eigenvalue weighted by molar-refractivity contribution is 0.0998. The van der Waals surface area contributed by atoms with Gasteiger partial charge in [0, 0.05) is 16.8 Å². The number of carbonyl (C=O) groups excluding carboxylic acids is 2. The maximum Gasteiger partial charge on any atom is 0.255 e. The predicted octanol–water partition coefficient (Wildman–Crippen LogP) is 3.22. The Morgan fingerprint density at radius 1 is 1.13 bits per heavy atom. The molecule has 2 amide bonds. The Kier molecular flexibility index (Phi) is 5.36. The van der Waals surface area contributed by atoms with E-state index in [0.29, 0.717) is 22.6 Å². The molecule has 0 unspecified atom stereocenters. The molecule has 0 saturated heterocycles. The van der Waals surface area contributed by atoms with Gasteiger partial charge in [0.05, 0.1) is 6.10 Å². The van der Waals surface area contributed by atoms with E-state index < -0.39 is 5.91 Å². The second kappa shape index (κ2) is 7.45. The molecule has 0 bridgehead atoms. The summed E-state index contributed by atoms with van der Waals surface area (Å²) in [5.41, 5.74) is 6.67. The molecule has 2 aromatic rings. The number of nitrogens with one attached hydrogen (secondary N) is 1. The Bertz CT molecular complexity index is 696. The number of anilines is 1. The number of carbonyl (C=O) groups is 2. The molecule has 1 atom stereocenters. The molecular formula is C18H20N2O3. The van der Waals surface area contributed by atoms with Crippen molar-refractivity contribution in [2.75, 3.05) is 5.32 Å². The van der Waals surface area contributed by atoms with Crippen LogP contribution >= 0.6 is 0 Å². The summed E-state index contributed by atoms with van der Waals surface area (Å²) < 4.78 is 5.72. The molecule has 5 nitrogen and oxygen atoms in total. The van der Waals surface area contributed by atoms with Gasteiger partial charge in [-0.05, 0) is 55.8 Å². The molecule has 0 saturated carbocycles. The first-order chi connectivity index (χ1) is 11.0. The fraction of sp³-hybridized carbons (Fsp3) is 0.222. The average molecular weight is 312 g/mol. The van der Waals surface area contributed by atoms with Gasteiger partial charge >= 0.3 is 0 Å². The van der Waals surface area contributed by atoms with Gasteiger partial charge in [-0.1, -0.05) is 13.0 Å². The lowest BCUT2D eigenvalue weighted by Gasteiger charge is -2.13. The van der Waals surface area contributed by atoms with Crippen LogP contribution in [0.5, 0.6) is 5.75 Å². The normalized spacial score (nSPS) is 11.6. The molecule has 23 heavy (non-hydrogen) atoms. The second-order valence-corrected chi connectivity index (χ2v) is 5.26. The van der Waals surface area contributed by atoms with Crippen molar-refractivity contribution in [2.45, 2.75) is 26.4 Å². The standard InChI is InChI=1S/C18H20N2O3/c1-3-12(2)23-16-6-4-5-14(11-16)18(22)20-15-9-7-13(8-10-15)17(19)21/h4-12H,3H2,1-2H3,(H2,19,21)(H,20,22)/t12-/m0/s1. The van der Waals surface area contributed by atoms with Gasteiger partial charge in [-0.15, -0.1) is 0 Å². The van der Waals surface area contributed by atoms with E-state index in [9.17, 15) is 9.59 Å². The fourth-order valence-corrected chi connectivity index (χ4v) is 1.95. The second-order valence-electron chi connectivity index (χ2n) is 5.26. The van der Waals surface area contributed by atoms with Gasteiger partial charge in [0.2, 0.25) is 5.91 Å². The van der Waals surface area contributed by atoms with Crippen molar-refractivity contribution in [1.82, 2.24) is 0 Å². The summed E-state index contributed by atoms with van der Waals surface area (Å²) in [4.78, 5) is 23.3. The molecule has 0 spiro atoms. The number of nitrogens with two attached hydrogens (primary N) is 1. The quantitative estimate of drug-likeness (QED) is 0.859. The van der Waals surface area contributed by atoms with Crippen molar-refractivity contribution < 1.29 is 14.3 Å². The highest BCUT2D eigenvalue weighted by Crippen LogP contribution is 2.17. The summed E-state index contributed by atoms with van der Waals surface area (Å²) in [5.74, 6) is -0.0831. The van der Waals surface area contributed by atoms with Crippen molar-refractivity contribution in [3.63, 3.8) is 0 Å². The minimum atomic E-state index is -0.502. The van der Waals surface area contributed by atoms with Crippen LogP contribution in [0.15, 0.2) is 48.5 Å². The number of primary amides is 1. The molecule has 0 heterocycles. The van der Waals surface area contributed by atoms with E-state index >= 15 is 0 Å². The maximum absolute atomic E-state index is 12.3. The molecule has 0 aromatic heterocycles. The van der Waals surface area contributed by atoms with Gasteiger partial charge in [0.25, 0.3) is 5.91 Å². The molecule has 120 valence electrons. The zero-order valence-corrected chi connectivity index (χ0v) is 13.2. The van der Waals surface area contributed by atoms with Crippen LogP contribution < -0.4 is 15.8 Å². The van der Waals surface area contributed by atoms with Crippen LogP contribution in [-0.2, 0) is 0 Å². The highest BCUT2D eigenvalue weighted by atomic mass is 16.5. The summed E-state index contributed by atoms with van der Waals surface area (Å²) in [6.07, 6.45) is 0.984. The third-order valence-corrected chi connectivity index (χ3v) is 3.44. The Labute approximate surface area is 135 Å². The summed E-state index contributed by atoms with van der Waals surface area (Å²) in [5, 5.41) is 2.77. The zero-order valence-electron chi connectivity index (χ0n) is 13.2. The smallest absolute Gasteiger partial charge is 0.255 e. The SMILES string of the molecule is CC[C@H](C)Oc1cccc(C(=O)Nc2ccc(C(N)=O)cc2)c1. The van der Waals surface area contributed by atoms with E-state index in [1.165, 1.54) is 0 Å². The molecule has 0 fully saturated rings. The molecule has 0 aliphatic heterocycles. The minimum Gasteiger partial charge on any atom is -0.491 e. The molecule has 0 radical (unpaired) electrons. The molecule has 0 aliphatic rings. The van der Waals surface area contributed by atoms with Crippen LogP contribution in [0, 0.1) is 0 Å². The molecule has 2 rings (SSSR count). The Morgan fingerprint density at radius 2 is 1.83 bits per heavy atom. The minimum absolute atomic E-state index is 0.0923. The Balaban J connectivity index is 2.08. The largest absolute Gasteiger partial charge is 0.491 e. The number of ether oxygens (including phenoxy) is 1. The van der Waals surface area contributed by atoms with Gasteiger partial charge in [0.15, 0.2) is 0 Å². The van der Waals surface area contributed by atoms with Gasteiger partial charge < -0.3 is 15.8 Å². The van der Waals surface area contributed by atoms with Crippen LogP contribution in [0.2, 0.25) is 0 Å². The van der Waals surface area contributed by atoms with E-state index in [1.54, 1.807) is 42.5 Å². The summed E-state index contributed by atoms with van der Waals surface area (Å²) in [6, 6.07) is 13.4. The highest BCUT2D eigenvalue weighted by molar-refractivity contribution is 6.04. The predicted molar refractivity (Wildman–Crippen MR) is 89.7 cm³/mol. The fourth-order valence-electron chi connectivity index (χ4n) is 1.95. The van der Waals surface area contributed by atoms with Gasteiger partial charge in [-0.2, -0.15) is 0 Å². The highest BCUT2D eigenvalue weighted by Gasteiger charge is 2.09.